The third-order valence-corrected chi connectivity index (χ3v) is 2.61. The van der Waals surface area contributed by atoms with Crippen LogP contribution in [0, 0.1) is 0 Å². The molecule has 2 atom stereocenters. The molecule has 1 aromatic carbocycles. The number of hydrogen-bond acceptors (Lipinski definition) is 6. The Kier molecular flexibility index (Phi) is 6.98. The topological polar surface area (TPSA) is 161 Å². The number of rotatable bonds is 3. The molecular formula is C8H12NO7S2-. The first-order chi connectivity index (χ1) is 8.16. The number of nitrogen functional groups attached to an aromatic ring is 1. The Morgan fingerprint density at radius 1 is 1.33 bits per heavy atom. The van der Waals surface area contributed by atoms with Gasteiger partial charge in [-0.3, -0.25) is 13.3 Å². The van der Waals surface area contributed by atoms with E-state index in [0.29, 0.717) is 11.3 Å². The molecule has 0 spiro atoms. The molecule has 5 N–H and O–H groups in total. The van der Waals surface area contributed by atoms with Crippen molar-refractivity contribution in [3.05, 3.63) is 29.8 Å². The van der Waals surface area contributed by atoms with Gasteiger partial charge in [-0.15, -0.1) is 0 Å². The number of anilines is 1. The van der Waals surface area contributed by atoms with Crippen molar-refractivity contribution < 1.29 is 31.4 Å². The van der Waals surface area contributed by atoms with Crippen LogP contribution in [-0.4, -0.2) is 38.0 Å². The van der Waals surface area contributed by atoms with Crippen LogP contribution in [0.2, 0.25) is 0 Å². The number of para-hydroxylation sites is 1. The second kappa shape index (κ2) is 7.41. The molecule has 0 saturated carbocycles. The summed E-state index contributed by atoms with van der Waals surface area (Å²) < 4.78 is 52.9. The van der Waals surface area contributed by atoms with Crippen LogP contribution in [0.15, 0.2) is 24.3 Å². The lowest BCUT2D eigenvalue weighted by Gasteiger charge is -2.18. The number of aliphatic hydroxyl groups is 1. The second-order valence-corrected chi connectivity index (χ2v) is 4.99. The predicted octanol–water partition coefficient (Wildman–Crippen LogP) is -0.471. The molecule has 0 aliphatic rings. The molecule has 104 valence electrons. The Labute approximate surface area is 106 Å². The number of aliphatic hydroxyl groups excluding tert-OH is 1. The van der Waals surface area contributed by atoms with E-state index in [-0.39, 0.29) is 0 Å². The molecule has 0 saturated heterocycles. The average molecular weight is 298 g/mol. The van der Waals surface area contributed by atoms with Gasteiger partial charge in [0.1, 0.15) is 0 Å². The summed E-state index contributed by atoms with van der Waals surface area (Å²) in [5.41, 5.74) is 6.37. The summed E-state index contributed by atoms with van der Waals surface area (Å²) >= 11 is -2.34. The van der Waals surface area contributed by atoms with E-state index in [4.69, 9.17) is 28.4 Å². The maximum absolute atomic E-state index is 10.7. The van der Waals surface area contributed by atoms with Crippen LogP contribution in [0.25, 0.3) is 0 Å². The molecule has 0 radical (unpaired) electrons. The summed E-state index contributed by atoms with van der Waals surface area (Å²) in [7, 11) is -4.67. The third-order valence-electron chi connectivity index (χ3n) is 1.74. The van der Waals surface area contributed by atoms with Gasteiger partial charge in [-0.05, 0) is 22.7 Å². The van der Waals surface area contributed by atoms with Crippen LogP contribution in [0.3, 0.4) is 0 Å². The Bertz CT molecular complexity index is 494. The Morgan fingerprint density at radius 2 is 1.78 bits per heavy atom. The molecule has 0 bridgehead atoms. The van der Waals surface area contributed by atoms with Gasteiger partial charge in [-0.1, -0.05) is 18.2 Å². The van der Waals surface area contributed by atoms with E-state index in [1.165, 1.54) is 0 Å². The lowest BCUT2D eigenvalue weighted by atomic mass is 10.1. The fourth-order valence-electron chi connectivity index (χ4n) is 1.07. The van der Waals surface area contributed by atoms with Gasteiger partial charge < -0.3 is 15.4 Å². The summed E-state index contributed by atoms with van der Waals surface area (Å²) in [6.07, 6.45) is 0. The third kappa shape index (κ3) is 7.32. The van der Waals surface area contributed by atoms with Crippen molar-refractivity contribution in [3.8, 4) is 0 Å². The highest BCUT2D eigenvalue weighted by Crippen LogP contribution is 2.23. The Morgan fingerprint density at radius 3 is 2.11 bits per heavy atom. The summed E-state index contributed by atoms with van der Waals surface area (Å²) in [5, 5.41) is 7.90. The molecule has 0 heterocycles. The lowest BCUT2D eigenvalue weighted by Crippen LogP contribution is -2.12. The van der Waals surface area contributed by atoms with Gasteiger partial charge in [0.15, 0.2) is 0 Å². The zero-order valence-corrected chi connectivity index (χ0v) is 10.6. The molecule has 1 aromatic rings. The van der Waals surface area contributed by atoms with Crippen molar-refractivity contribution in [2.75, 3.05) is 12.3 Å². The maximum Gasteiger partial charge on any atom is 0.394 e. The van der Waals surface area contributed by atoms with Crippen LogP contribution >= 0.6 is 0 Å². The second-order valence-electron chi connectivity index (χ2n) is 3.01. The van der Waals surface area contributed by atoms with Crippen LogP contribution < -0.4 is 5.73 Å². The van der Waals surface area contributed by atoms with E-state index in [0.717, 1.165) is 0 Å². The molecule has 18 heavy (non-hydrogen) atoms. The molecule has 0 fully saturated rings. The zero-order valence-electron chi connectivity index (χ0n) is 8.96. The molecule has 0 aliphatic heterocycles. The van der Waals surface area contributed by atoms with Crippen LogP contribution in [0.5, 0.6) is 0 Å². The minimum atomic E-state index is -4.67. The van der Waals surface area contributed by atoms with E-state index in [9.17, 15) is 8.76 Å². The monoisotopic (exact) mass is 298 g/mol. The molecule has 10 heteroatoms. The van der Waals surface area contributed by atoms with E-state index in [2.05, 4.69) is 0 Å². The van der Waals surface area contributed by atoms with Crippen molar-refractivity contribution in [1.82, 2.24) is 0 Å². The molecule has 1 rings (SSSR count). The largest absolute Gasteiger partial charge is 0.772 e. The maximum atomic E-state index is 10.7. The van der Waals surface area contributed by atoms with Gasteiger partial charge in [0.05, 0.1) is 11.9 Å². The van der Waals surface area contributed by atoms with Crippen molar-refractivity contribution in [2.24, 2.45) is 0 Å². The summed E-state index contributed by atoms with van der Waals surface area (Å²) in [5.74, 6) is 0. The minimum Gasteiger partial charge on any atom is -0.772 e. The number of benzene rings is 1. The Balaban J connectivity index is 0.000000494. The highest BCUT2D eigenvalue weighted by molar-refractivity contribution is 7.80. The average Bonchev–Trinajstić information content (AvgIpc) is 2.19. The number of hydrogen-bond donors (Lipinski definition) is 4. The van der Waals surface area contributed by atoms with Gasteiger partial charge in [0.25, 0.3) is 0 Å². The van der Waals surface area contributed by atoms with Crippen molar-refractivity contribution in [3.63, 3.8) is 0 Å². The smallest absolute Gasteiger partial charge is 0.394 e. The van der Waals surface area contributed by atoms with Gasteiger partial charge >= 0.3 is 10.4 Å². The SMILES string of the molecule is Nc1ccccc1C(CO)S(=O)[O-].O=S(=O)(O)O. The molecule has 0 aliphatic carbocycles. The first-order valence-electron chi connectivity index (χ1n) is 4.40. The summed E-state index contributed by atoms with van der Waals surface area (Å²) in [6.45, 7) is -0.454. The Hall–Kier alpha value is -1.04. The molecule has 8 nitrogen and oxygen atoms in total. The normalized spacial score (nSPS) is 14.2. The van der Waals surface area contributed by atoms with E-state index in [1.807, 2.05) is 0 Å². The van der Waals surface area contributed by atoms with Crippen molar-refractivity contribution in [1.29, 1.82) is 0 Å². The summed E-state index contributed by atoms with van der Waals surface area (Å²) in [4.78, 5) is 0. The van der Waals surface area contributed by atoms with Crippen LogP contribution in [0.4, 0.5) is 5.69 Å². The molecular weight excluding hydrogens is 286 g/mol. The fraction of sp³-hybridized carbons (Fsp3) is 0.250. The fourth-order valence-corrected chi connectivity index (χ4v) is 1.61. The van der Waals surface area contributed by atoms with E-state index >= 15 is 0 Å². The van der Waals surface area contributed by atoms with Gasteiger partial charge in [-0.25, -0.2) is 0 Å². The zero-order chi connectivity index (χ0) is 14.3. The van der Waals surface area contributed by atoms with Gasteiger partial charge in [-0.2, -0.15) is 8.42 Å². The first kappa shape index (κ1) is 17.0. The highest BCUT2D eigenvalue weighted by Gasteiger charge is 2.12. The quantitative estimate of drug-likeness (QED) is 0.330. The van der Waals surface area contributed by atoms with Crippen LogP contribution in [-0.2, 0) is 21.5 Å². The molecule has 2 unspecified atom stereocenters. The van der Waals surface area contributed by atoms with Gasteiger partial charge in [0, 0.05) is 5.69 Å². The lowest BCUT2D eigenvalue weighted by molar-refractivity contribution is 0.290. The van der Waals surface area contributed by atoms with Crippen molar-refractivity contribution >= 4 is 27.2 Å². The standard InChI is InChI=1S/C8H11NO3S.H2O4S/c9-7-4-2-1-3-6(7)8(5-10)13(11)12;1-5(2,3)4/h1-4,8,10H,5,9H2,(H,11,12);(H2,1,2,3,4)/p-1. The summed E-state index contributed by atoms with van der Waals surface area (Å²) in [6, 6.07) is 6.58. The molecule has 0 aromatic heterocycles. The minimum absolute atomic E-state index is 0.380. The first-order valence-corrected chi connectivity index (χ1v) is 6.93. The predicted molar refractivity (Wildman–Crippen MR) is 63.8 cm³/mol. The van der Waals surface area contributed by atoms with Crippen molar-refractivity contribution in [2.45, 2.75) is 5.25 Å². The van der Waals surface area contributed by atoms with Crippen LogP contribution in [0.1, 0.15) is 10.8 Å². The van der Waals surface area contributed by atoms with E-state index in [1.54, 1.807) is 24.3 Å². The van der Waals surface area contributed by atoms with Gasteiger partial charge in [0.2, 0.25) is 0 Å². The van der Waals surface area contributed by atoms with E-state index < -0.39 is 33.3 Å². The molecule has 0 amide bonds. The number of nitrogens with two attached hydrogens (primary N) is 1. The highest BCUT2D eigenvalue weighted by atomic mass is 32.3.